The molecule has 2 fully saturated rings. The molecule has 0 aromatic heterocycles. The van der Waals surface area contributed by atoms with Gasteiger partial charge in [0.05, 0.1) is 6.42 Å². The Balaban J connectivity index is 1.68. The Morgan fingerprint density at radius 2 is 1.84 bits per heavy atom. The van der Waals surface area contributed by atoms with Crippen LogP contribution >= 0.6 is 0 Å². The first-order valence-corrected chi connectivity index (χ1v) is 6.80. The molecular formula is C15H18N2O2. The molecule has 2 aliphatic rings. The van der Waals surface area contributed by atoms with Crippen molar-refractivity contribution in [2.45, 2.75) is 25.7 Å². The maximum atomic E-state index is 12.2. The van der Waals surface area contributed by atoms with E-state index in [4.69, 9.17) is 5.73 Å². The van der Waals surface area contributed by atoms with Crippen molar-refractivity contribution in [3.8, 4) is 0 Å². The van der Waals surface area contributed by atoms with Gasteiger partial charge in [-0.15, -0.1) is 0 Å². The number of benzene rings is 1. The number of rotatable bonds is 4. The van der Waals surface area contributed by atoms with E-state index in [9.17, 15) is 9.59 Å². The van der Waals surface area contributed by atoms with Gasteiger partial charge >= 0.3 is 0 Å². The number of nitrogens with two attached hydrogens (primary N) is 1. The largest absolute Gasteiger partial charge is 0.369 e. The molecule has 100 valence electrons. The molecule has 2 unspecified atom stereocenters. The average Bonchev–Trinajstić information content (AvgIpc) is 2.98. The van der Waals surface area contributed by atoms with E-state index in [0.29, 0.717) is 5.69 Å². The van der Waals surface area contributed by atoms with Crippen molar-refractivity contribution in [2.24, 2.45) is 23.5 Å². The standard InChI is InChI=1S/C15H18N2O2/c16-14(18)8-9-3-1-2-4-13(9)17-15(19)12-6-10-5-11(10)7-12/h1-4,10-12H,5-8H2,(H2,16,18)(H,17,19). The molecule has 1 aromatic carbocycles. The molecule has 0 heterocycles. The minimum atomic E-state index is -0.385. The van der Waals surface area contributed by atoms with E-state index >= 15 is 0 Å². The molecule has 19 heavy (non-hydrogen) atoms. The zero-order valence-corrected chi connectivity index (χ0v) is 10.8. The number of carbonyl (C=O) groups excluding carboxylic acids is 2. The van der Waals surface area contributed by atoms with Gasteiger partial charge in [-0.3, -0.25) is 9.59 Å². The van der Waals surface area contributed by atoms with E-state index in [1.54, 1.807) is 0 Å². The van der Waals surface area contributed by atoms with Crippen molar-refractivity contribution in [1.29, 1.82) is 0 Å². The number of carbonyl (C=O) groups is 2. The first-order chi connectivity index (χ1) is 9.13. The van der Waals surface area contributed by atoms with Gasteiger partial charge in [-0.25, -0.2) is 0 Å². The number of hydrogen-bond donors (Lipinski definition) is 2. The molecule has 4 nitrogen and oxygen atoms in total. The lowest BCUT2D eigenvalue weighted by Gasteiger charge is -2.14. The Morgan fingerprint density at radius 1 is 1.16 bits per heavy atom. The van der Waals surface area contributed by atoms with Crippen molar-refractivity contribution in [2.75, 3.05) is 5.32 Å². The van der Waals surface area contributed by atoms with Crippen molar-refractivity contribution in [1.82, 2.24) is 0 Å². The number of primary amides is 1. The van der Waals surface area contributed by atoms with Crippen LogP contribution in [0.4, 0.5) is 5.69 Å². The monoisotopic (exact) mass is 258 g/mol. The van der Waals surface area contributed by atoms with Gasteiger partial charge in [0.2, 0.25) is 11.8 Å². The van der Waals surface area contributed by atoms with Crippen LogP contribution in [-0.2, 0) is 16.0 Å². The summed E-state index contributed by atoms with van der Waals surface area (Å²) in [7, 11) is 0. The van der Waals surface area contributed by atoms with Crippen LogP contribution in [0.3, 0.4) is 0 Å². The zero-order valence-electron chi connectivity index (χ0n) is 10.8. The quantitative estimate of drug-likeness (QED) is 0.862. The Labute approximate surface area is 112 Å². The highest BCUT2D eigenvalue weighted by Crippen LogP contribution is 2.54. The molecule has 0 aliphatic heterocycles. The zero-order chi connectivity index (χ0) is 13.4. The Bertz CT molecular complexity index is 517. The van der Waals surface area contributed by atoms with Gasteiger partial charge in [0.15, 0.2) is 0 Å². The third-order valence-electron chi connectivity index (χ3n) is 4.25. The van der Waals surface area contributed by atoms with Gasteiger partial charge in [0.1, 0.15) is 0 Å². The van der Waals surface area contributed by atoms with Gasteiger partial charge < -0.3 is 11.1 Å². The molecule has 3 rings (SSSR count). The molecule has 2 aliphatic carbocycles. The molecule has 2 saturated carbocycles. The van der Waals surface area contributed by atoms with Gasteiger partial charge in [0, 0.05) is 11.6 Å². The Kier molecular flexibility index (Phi) is 3.01. The lowest BCUT2D eigenvalue weighted by Crippen LogP contribution is -2.23. The molecule has 0 saturated heterocycles. The molecule has 2 atom stereocenters. The maximum Gasteiger partial charge on any atom is 0.227 e. The number of amides is 2. The fraction of sp³-hybridized carbons (Fsp3) is 0.467. The lowest BCUT2D eigenvalue weighted by molar-refractivity contribution is -0.120. The van der Waals surface area contributed by atoms with Crippen LogP contribution in [0.5, 0.6) is 0 Å². The van der Waals surface area contributed by atoms with Crippen LogP contribution in [-0.4, -0.2) is 11.8 Å². The number of nitrogens with one attached hydrogen (secondary N) is 1. The fourth-order valence-corrected chi connectivity index (χ4v) is 3.15. The van der Waals surface area contributed by atoms with Crippen molar-refractivity contribution in [3.63, 3.8) is 0 Å². The summed E-state index contributed by atoms with van der Waals surface area (Å²) in [4.78, 5) is 23.2. The molecule has 1 aromatic rings. The van der Waals surface area contributed by atoms with Gasteiger partial charge in [0.25, 0.3) is 0 Å². The van der Waals surface area contributed by atoms with E-state index in [1.165, 1.54) is 6.42 Å². The third-order valence-corrected chi connectivity index (χ3v) is 4.25. The summed E-state index contributed by atoms with van der Waals surface area (Å²) in [5.41, 5.74) is 6.72. The highest BCUT2D eigenvalue weighted by Gasteiger charge is 2.47. The normalized spacial score (nSPS) is 27.7. The molecule has 0 radical (unpaired) electrons. The molecule has 3 N–H and O–H groups in total. The second-order valence-electron chi connectivity index (χ2n) is 5.71. The van der Waals surface area contributed by atoms with E-state index in [1.807, 2.05) is 24.3 Å². The maximum absolute atomic E-state index is 12.2. The van der Waals surface area contributed by atoms with Crippen LogP contribution in [0.1, 0.15) is 24.8 Å². The van der Waals surface area contributed by atoms with E-state index in [-0.39, 0.29) is 24.2 Å². The minimum absolute atomic E-state index is 0.0871. The summed E-state index contributed by atoms with van der Waals surface area (Å²) in [6.07, 6.45) is 3.51. The number of para-hydroxylation sites is 1. The minimum Gasteiger partial charge on any atom is -0.369 e. The second-order valence-corrected chi connectivity index (χ2v) is 5.71. The highest BCUT2D eigenvalue weighted by atomic mass is 16.2. The number of fused-ring (bicyclic) bond motifs is 1. The second kappa shape index (κ2) is 4.68. The highest BCUT2D eigenvalue weighted by molar-refractivity contribution is 5.94. The van der Waals surface area contributed by atoms with Crippen LogP contribution < -0.4 is 11.1 Å². The Hall–Kier alpha value is -1.84. The van der Waals surface area contributed by atoms with E-state index < -0.39 is 0 Å². The van der Waals surface area contributed by atoms with Crippen LogP contribution in [0.25, 0.3) is 0 Å². The summed E-state index contributed by atoms with van der Waals surface area (Å²) in [6.45, 7) is 0. The molecule has 2 amide bonds. The first kappa shape index (κ1) is 12.2. The molecule has 4 heteroatoms. The summed E-state index contributed by atoms with van der Waals surface area (Å²) in [5.74, 6) is 1.42. The third kappa shape index (κ3) is 2.62. The average molecular weight is 258 g/mol. The molecular weight excluding hydrogens is 240 g/mol. The van der Waals surface area contributed by atoms with Crippen LogP contribution in [0.15, 0.2) is 24.3 Å². The fourth-order valence-electron chi connectivity index (χ4n) is 3.15. The number of hydrogen-bond acceptors (Lipinski definition) is 2. The van der Waals surface area contributed by atoms with Gasteiger partial charge in [-0.2, -0.15) is 0 Å². The van der Waals surface area contributed by atoms with Crippen LogP contribution in [0.2, 0.25) is 0 Å². The van der Waals surface area contributed by atoms with Crippen molar-refractivity contribution < 1.29 is 9.59 Å². The summed E-state index contributed by atoms with van der Waals surface area (Å²) >= 11 is 0. The Morgan fingerprint density at radius 3 is 2.53 bits per heavy atom. The van der Waals surface area contributed by atoms with E-state index in [2.05, 4.69) is 5.32 Å². The van der Waals surface area contributed by atoms with Crippen LogP contribution in [0, 0.1) is 17.8 Å². The lowest BCUT2D eigenvalue weighted by atomic mass is 10.0. The van der Waals surface area contributed by atoms with Crippen molar-refractivity contribution >= 4 is 17.5 Å². The van der Waals surface area contributed by atoms with Crippen molar-refractivity contribution in [3.05, 3.63) is 29.8 Å². The topological polar surface area (TPSA) is 72.2 Å². The predicted molar refractivity (Wildman–Crippen MR) is 72.3 cm³/mol. The molecule has 0 bridgehead atoms. The first-order valence-electron chi connectivity index (χ1n) is 6.80. The summed E-state index contributed by atoms with van der Waals surface area (Å²) in [5, 5.41) is 2.95. The molecule has 0 spiro atoms. The van der Waals surface area contributed by atoms with Gasteiger partial charge in [-0.1, -0.05) is 18.2 Å². The smallest absolute Gasteiger partial charge is 0.227 e. The summed E-state index contributed by atoms with van der Waals surface area (Å²) < 4.78 is 0. The van der Waals surface area contributed by atoms with E-state index in [0.717, 1.165) is 30.2 Å². The number of anilines is 1. The predicted octanol–water partition coefficient (Wildman–Crippen LogP) is 1.70. The SMILES string of the molecule is NC(=O)Cc1ccccc1NC(=O)C1CC2CC2C1. The van der Waals surface area contributed by atoms with Gasteiger partial charge in [-0.05, 0) is 42.7 Å². The summed E-state index contributed by atoms with van der Waals surface area (Å²) in [6, 6.07) is 7.35.